The standard InChI is InChI=1S/C31H26N4O4/c36-34(37)26-16-17-29(31(21-26)35(38)39)32-33-30-20-25(23-12-6-2-7-13-23)19-28(30)27(24-14-8-3-9-15-24)18-22-10-4-1-5-11-22/h1-17,21,25,32H,18-20H2/b28-27+,33-30+/t25-/m0/s1. The third-order valence-corrected chi connectivity index (χ3v) is 6.92. The van der Waals surface area contributed by atoms with Gasteiger partial charge in [-0.3, -0.25) is 25.7 Å². The molecule has 0 radical (unpaired) electrons. The Kier molecular flexibility index (Phi) is 7.54. The fourth-order valence-electron chi connectivity index (χ4n) is 4.99. The minimum Gasteiger partial charge on any atom is -0.271 e. The van der Waals surface area contributed by atoms with E-state index in [1.54, 1.807) is 0 Å². The summed E-state index contributed by atoms with van der Waals surface area (Å²) in [7, 11) is 0. The number of nitro benzene ring substituents is 2. The predicted octanol–water partition coefficient (Wildman–Crippen LogP) is 7.55. The lowest BCUT2D eigenvalue weighted by molar-refractivity contribution is -0.393. The average molecular weight is 519 g/mol. The van der Waals surface area contributed by atoms with Gasteiger partial charge in [0.15, 0.2) is 0 Å². The molecule has 8 heteroatoms. The van der Waals surface area contributed by atoms with Crippen molar-refractivity contribution >= 4 is 28.3 Å². The van der Waals surface area contributed by atoms with Crippen molar-refractivity contribution in [1.29, 1.82) is 0 Å². The molecule has 0 aliphatic heterocycles. The van der Waals surface area contributed by atoms with Gasteiger partial charge in [-0.15, -0.1) is 0 Å². The lowest BCUT2D eigenvalue weighted by Crippen LogP contribution is -2.05. The van der Waals surface area contributed by atoms with Gasteiger partial charge in [-0.1, -0.05) is 91.0 Å². The topological polar surface area (TPSA) is 111 Å². The summed E-state index contributed by atoms with van der Waals surface area (Å²) >= 11 is 0. The third-order valence-electron chi connectivity index (χ3n) is 6.92. The molecule has 4 aromatic carbocycles. The molecule has 1 saturated carbocycles. The Labute approximate surface area is 225 Å². The van der Waals surface area contributed by atoms with Crippen LogP contribution in [0.25, 0.3) is 5.57 Å². The van der Waals surface area contributed by atoms with E-state index in [2.05, 4.69) is 41.8 Å². The zero-order valence-electron chi connectivity index (χ0n) is 21.1. The number of nitrogens with one attached hydrogen (secondary N) is 1. The van der Waals surface area contributed by atoms with Gasteiger partial charge < -0.3 is 0 Å². The lowest BCUT2D eigenvalue weighted by atomic mass is 9.91. The van der Waals surface area contributed by atoms with Crippen molar-refractivity contribution in [3.63, 3.8) is 0 Å². The van der Waals surface area contributed by atoms with Crippen molar-refractivity contribution < 1.29 is 9.85 Å². The number of rotatable bonds is 8. The zero-order chi connectivity index (χ0) is 27.2. The number of nitrogens with zero attached hydrogens (tertiary/aromatic N) is 3. The minimum atomic E-state index is -0.652. The molecule has 1 fully saturated rings. The molecule has 0 spiro atoms. The molecule has 1 N–H and O–H groups in total. The summed E-state index contributed by atoms with van der Waals surface area (Å²) in [6.07, 6.45) is 2.13. The van der Waals surface area contributed by atoms with Crippen LogP contribution in [0, 0.1) is 20.2 Å². The van der Waals surface area contributed by atoms with E-state index in [-0.39, 0.29) is 17.3 Å². The highest BCUT2D eigenvalue weighted by molar-refractivity contribution is 6.09. The molecule has 4 aromatic rings. The van der Waals surface area contributed by atoms with E-state index in [0.717, 1.165) is 34.9 Å². The lowest BCUT2D eigenvalue weighted by Gasteiger charge is -2.14. The fourth-order valence-corrected chi connectivity index (χ4v) is 4.99. The monoisotopic (exact) mass is 518 g/mol. The number of non-ortho nitro benzene ring substituents is 1. The van der Waals surface area contributed by atoms with Gasteiger partial charge in [0.1, 0.15) is 5.69 Å². The Morgan fingerprint density at radius 3 is 2.08 bits per heavy atom. The average Bonchev–Trinajstić information content (AvgIpc) is 3.40. The predicted molar refractivity (Wildman–Crippen MR) is 153 cm³/mol. The number of anilines is 1. The van der Waals surface area contributed by atoms with Crippen molar-refractivity contribution in [2.45, 2.75) is 25.2 Å². The highest BCUT2D eigenvalue weighted by Crippen LogP contribution is 2.41. The van der Waals surface area contributed by atoms with Crippen molar-refractivity contribution in [2.24, 2.45) is 5.10 Å². The van der Waals surface area contributed by atoms with Crippen LogP contribution in [0.1, 0.15) is 35.4 Å². The van der Waals surface area contributed by atoms with E-state index in [0.29, 0.717) is 12.8 Å². The van der Waals surface area contributed by atoms with E-state index in [9.17, 15) is 20.2 Å². The van der Waals surface area contributed by atoms with Crippen LogP contribution in [0.5, 0.6) is 0 Å². The van der Waals surface area contributed by atoms with Crippen LogP contribution in [0.15, 0.2) is 120 Å². The van der Waals surface area contributed by atoms with Gasteiger partial charge in [0, 0.05) is 6.07 Å². The first-order valence-electron chi connectivity index (χ1n) is 12.6. The van der Waals surface area contributed by atoms with Crippen LogP contribution in [0.3, 0.4) is 0 Å². The highest BCUT2D eigenvalue weighted by atomic mass is 16.6. The molecular formula is C31H26N4O4. The Balaban J connectivity index is 1.60. The largest absolute Gasteiger partial charge is 0.301 e. The normalized spacial score (nSPS) is 17.1. The molecule has 0 saturated heterocycles. The Morgan fingerprint density at radius 2 is 1.44 bits per heavy atom. The van der Waals surface area contributed by atoms with Gasteiger partial charge in [-0.2, -0.15) is 5.10 Å². The van der Waals surface area contributed by atoms with Crippen molar-refractivity contribution in [1.82, 2.24) is 0 Å². The first-order chi connectivity index (χ1) is 19.0. The summed E-state index contributed by atoms with van der Waals surface area (Å²) in [6, 6.07) is 34.2. The molecule has 0 bridgehead atoms. The smallest absolute Gasteiger partial charge is 0.271 e. The Bertz CT molecular complexity index is 1550. The summed E-state index contributed by atoms with van der Waals surface area (Å²) in [4.78, 5) is 21.5. The van der Waals surface area contributed by atoms with Gasteiger partial charge in [0.05, 0.1) is 21.6 Å². The maximum Gasteiger partial charge on any atom is 0.301 e. The molecule has 5 rings (SSSR count). The molecule has 1 atom stereocenters. The van der Waals surface area contributed by atoms with E-state index in [4.69, 9.17) is 5.10 Å². The van der Waals surface area contributed by atoms with Crippen LogP contribution >= 0.6 is 0 Å². The maximum atomic E-state index is 11.7. The molecule has 1 aliphatic rings. The van der Waals surface area contributed by atoms with Crippen LogP contribution in [-0.2, 0) is 6.42 Å². The Morgan fingerprint density at radius 1 is 0.795 bits per heavy atom. The van der Waals surface area contributed by atoms with Gasteiger partial charge in [-0.05, 0) is 59.1 Å². The molecule has 0 aromatic heterocycles. The Hall–Kier alpha value is -5.11. The second-order valence-electron chi connectivity index (χ2n) is 9.39. The minimum absolute atomic E-state index is 0.102. The summed E-state index contributed by atoms with van der Waals surface area (Å²) in [6.45, 7) is 0. The van der Waals surface area contributed by atoms with Crippen LogP contribution in [0.4, 0.5) is 17.1 Å². The van der Waals surface area contributed by atoms with E-state index in [1.165, 1.54) is 23.3 Å². The summed E-state index contributed by atoms with van der Waals surface area (Å²) < 4.78 is 0. The van der Waals surface area contributed by atoms with Gasteiger partial charge >= 0.3 is 5.69 Å². The van der Waals surface area contributed by atoms with Gasteiger partial charge in [-0.25, -0.2) is 0 Å². The fraction of sp³-hybridized carbons (Fsp3) is 0.129. The molecular weight excluding hydrogens is 492 g/mol. The van der Waals surface area contributed by atoms with Crippen molar-refractivity contribution in [3.05, 3.63) is 152 Å². The zero-order valence-corrected chi connectivity index (χ0v) is 21.1. The van der Waals surface area contributed by atoms with E-state index >= 15 is 0 Å². The van der Waals surface area contributed by atoms with Gasteiger partial charge in [0.2, 0.25) is 0 Å². The third kappa shape index (κ3) is 5.91. The molecule has 0 amide bonds. The van der Waals surface area contributed by atoms with Crippen LogP contribution in [-0.4, -0.2) is 15.6 Å². The number of hydrogen-bond donors (Lipinski definition) is 1. The number of nitro groups is 2. The number of benzene rings is 4. The van der Waals surface area contributed by atoms with Gasteiger partial charge in [0.25, 0.3) is 5.69 Å². The van der Waals surface area contributed by atoms with E-state index in [1.807, 2.05) is 54.6 Å². The quantitative estimate of drug-likeness (QED) is 0.191. The summed E-state index contributed by atoms with van der Waals surface area (Å²) in [5.41, 5.74) is 8.75. The van der Waals surface area contributed by atoms with Crippen molar-refractivity contribution in [3.8, 4) is 0 Å². The SMILES string of the molecule is O=[N+]([O-])c1ccc(N/N=C2\C[C@@H](c3ccccc3)C\C2=C(\Cc2ccccc2)c2ccccc2)c([N+](=O)[O-])c1. The molecule has 8 nitrogen and oxygen atoms in total. The molecule has 194 valence electrons. The first kappa shape index (κ1) is 25.5. The highest BCUT2D eigenvalue weighted by Gasteiger charge is 2.30. The first-order valence-corrected chi connectivity index (χ1v) is 12.6. The maximum absolute atomic E-state index is 11.7. The second kappa shape index (κ2) is 11.5. The molecule has 1 aliphatic carbocycles. The number of hydrogen-bond acceptors (Lipinski definition) is 6. The molecule has 0 heterocycles. The molecule has 39 heavy (non-hydrogen) atoms. The van der Waals surface area contributed by atoms with Crippen LogP contribution in [0.2, 0.25) is 0 Å². The van der Waals surface area contributed by atoms with Crippen molar-refractivity contribution in [2.75, 3.05) is 5.43 Å². The number of hydrazone groups is 1. The molecule has 0 unspecified atom stereocenters. The summed E-state index contributed by atoms with van der Waals surface area (Å²) in [5, 5.41) is 27.5. The summed E-state index contributed by atoms with van der Waals surface area (Å²) in [5.74, 6) is 0.197. The van der Waals surface area contributed by atoms with E-state index < -0.39 is 15.5 Å². The number of allylic oxidation sites excluding steroid dienone is 2. The second-order valence-corrected chi connectivity index (χ2v) is 9.39. The van der Waals surface area contributed by atoms with Crippen LogP contribution < -0.4 is 5.43 Å².